The molecule has 2 aromatic heterocycles. The predicted octanol–water partition coefficient (Wildman–Crippen LogP) is 6.00. The quantitative estimate of drug-likeness (QED) is 0.255. The number of imidazole rings is 1. The maximum absolute atomic E-state index is 13.9. The summed E-state index contributed by atoms with van der Waals surface area (Å²) in [4.78, 5) is 32.7. The number of nitrogens with one attached hydrogen (secondary N) is 1. The van der Waals surface area contributed by atoms with Crippen molar-refractivity contribution in [3.63, 3.8) is 0 Å². The van der Waals surface area contributed by atoms with Gasteiger partial charge < -0.3 is 19.6 Å². The first kappa shape index (κ1) is 29.7. The number of carbonyl (C=O) groups excluding carboxylic acids is 1. The Bertz CT molecular complexity index is 1790. The molecule has 0 unspecified atom stereocenters. The van der Waals surface area contributed by atoms with Crippen molar-refractivity contribution < 1.29 is 36.6 Å². The lowest BCUT2D eigenvalue weighted by atomic mass is 9.99. The fourth-order valence-corrected chi connectivity index (χ4v) is 4.95. The molecule has 0 aliphatic heterocycles. The molecule has 43 heavy (non-hydrogen) atoms. The highest BCUT2D eigenvalue weighted by Gasteiger charge is 2.36. The summed E-state index contributed by atoms with van der Waals surface area (Å²) in [7, 11) is 1.57. The first-order valence-electron chi connectivity index (χ1n) is 13.2. The summed E-state index contributed by atoms with van der Waals surface area (Å²) in [5.41, 5.74) is -0.712. The minimum atomic E-state index is -4.92. The van der Waals surface area contributed by atoms with Gasteiger partial charge in [0, 0.05) is 25.0 Å². The van der Waals surface area contributed by atoms with Crippen molar-refractivity contribution in [1.29, 1.82) is 0 Å². The minimum Gasteiger partial charge on any atom is -0.463 e. The molecular weight excluding hydrogens is 573 g/mol. The van der Waals surface area contributed by atoms with Gasteiger partial charge in [0.05, 0.1) is 23.8 Å². The average molecular weight is 600 g/mol. The van der Waals surface area contributed by atoms with E-state index < -0.39 is 47.0 Å². The van der Waals surface area contributed by atoms with Gasteiger partial charge >= 0.3 is 12.3 Å². The summed E-state index contributed by atoms with van der Waals surface area (Å²) in [5.74, 6) is -2.07. The number of carbonyl (C=O) groups is 2. The third-order valence-corrected chi connectivity index (χ3v) is 7.19. The van der Waals surface area contributed by atoms with Crippen LogP contribution in [0.3, 0.4) is 0 Å². The van der Waals surface area contributed by atoms with E-state index in [4.69, 9.17) is 0 Å². The van der Waals surface area contributed by atoms with Crippen molar-refractivity contribution in [3.8, 4) is 11.3 Å². The topological polar surface area (TPSA) is 102 Å². The van der Waals surface area contributed by atoms with Gasteiger partial charge in [-0.15, -0.1) is 4.99 Å². The van der Waals surface area contributed by atoms with E-state index in [9.17, 15) is 36.6 Å². The summed E-state index contributed by atoms with van der Waals surface area (Å²) in [6, 6.07) is 8.94. The third kappa shape index (κ3) is 6.65. The lowest BCUT2D eigenvalue weighted by molar-refractivity contribution is -0.137. The van der Waals surface area contributed by atoms with Gasteiger partial charge in [-0.05, 0) is 78.8 Å². The molecule has 5 rings (SSSR count). The fourth-order valence-electron chi connectivity index (χ4n) is 4.95. The number of pyridine rings is 1. The Morgan fingerprint density at radius 2 is 1.84 bits per heavy atom. The van der Waals surface area contributed by atoms with Crippen LogP contribution in [0.4, 0.5) is 26.7 Å². The Labute approximate surface area is 242 Å². The number of halogens is 5. The first-order valence-corrected chi connectivity index (χ1v) is 13.2. The Hall–Kier alpha value is -4.81. The molecule has 8 nitrogen and oxygen atoms in total. The largest absolute Gasteiger partial charge is 0.463 e. The van der Waals surface area contributed by atoms with E-state index in [0.717, 1.165) is 25.0 Å². The SMILES string of the molecule is Cc1cc([C@@H](NC(=O)c2cc(Cn3ccn(C)/c3=N/C(=O)O)cc(-c3ccc(F)cc3C(F)(F)F)n2)C2CC2)ccc1F. The maximum atomic E-state index is 13.9. The zero-order valence-corrected chi connectivity index (χ0v) is 23.0. The van der Waals surface area contributed by atoms with Crippen molar-refractivity contribution in [2.45, 2.75) is 38.5 Å². The molecule has 224 valence electrons. The van der Waals surface area contributed by atoms with E-state index in [2.05, 4.69) is 15.3 Å². The van der Waals surface area contributed by atoms with E-state index in [1.165, 1.54) is 33.5 Å². The monoisotopic (exact) mass is 599 g/mol. The van der Waals surface area contributed by atoms with Gasteiger partial charge in [-0.1, -0.05) is 12.1 Å². The molecule has 0 bridgehead atoms. The molecule has 13 heteroatoms. The zero-order chi connectivity index (χ0) is 31.1. The lowest BCUT2D eigenvalue weighted by Crippen LogP contribution is -2.31. The summed E-state index contributed by atoms with van der Waals surface area (Å²) >= 11 is 0. The lowest BCUT2D eigenvalue weighted by Gasteiger charge is -2.20. The van der Waals surface area contributed by atoms with Gasteiger partial charge in [-0.2, -0.15) is 13.2 Å². The number of amides is 2. The zero-order valence-electron chi connectivity index (χ0n) is 23.0. The predicted molar refractivity (Wildman–Crippen MR) is 145 cm³/mol. The van der Waals surface area contributed by atoms with Gasteiger partial charge in [0.1, 0.15) is 17.3 Å². The van der Waals surface area contributed by atoms with Crippen molar-refractivity contribution in [2.75, 3.05) is 0 Å². The van der Waals surface area contributed by atoms with Gasteiger partial charge in [0.25, 0.3) is 5.91 Å². The maximum Gasteiger partial charge on any atom is 0.434 e. The Kier molecular flexibility index (Phi) is 7.91. The van der Waals surface area contributed by atoms with Crippen LogP contribution >= 0.6 is 0 Å². The molecule has 1 saturated carbocycles. The van der Waals surface area contributed by atoms with E-state index in [0.29, 0.717) is 22.8 Å². The van der Waals surface area contributed by atoms with Gasteiger partial charge in [-0.3, -0.25) is 4.79 Å². The number of aryl methyl sites for hydroxylation is 2. The van der Waals surface area contributed by atoms with Crippen LogP contribution in [-0.4, -0.2) is 31.2 Å². The Morgan fingerprint density at radius 1 is 1.09 bits per heavy atom. The number of benzene rings is 2. The standard InChI is InChI=1S/C30H26F5N5O3/c1-16-11-19(5-8-23(16)32)26(18-3-4-18)37-27(41)25-13-17(15-40-10-9-39(2)28(40)38-29(42)43)12-24(36-25)21-7-6-20(31)14-22(21)30(33,34)35/h5-14,18,26H,3-4,15H2,1-2H3,(H,37,41)(H,42,43)/b38-28-/t26-/m0/s1. The highest BCUT2D eigenvalue weighted by molar-refractivity contribution is 5.93. The van der Waals surface area contributed by atoms with Crippen LogP contribution in [0.5, 0.6) is 0 Å². The molecule has 4 aromatic rings. The second-order valence-electron chi connectivity index (χ2n) is 10.5. The van der Waals surface area contributed by atoms with Crippen LogP contribution in [0.1, 0.15) is 51.6 Å². The molecule has 0 saturated heterocycles. The Morgan fingerprint density at radius 3 is 2.49 bits per heavy atom. The number of hydrogen-bond donors (Lipinski definition) is 2. The first-order chi connectivity index (χ1) is 20.3. The summed E-state index contributed by atoms with van der Waals surface area (Å²) in [6.45, 7) is 1.53. The number of alkyl halides is 3. The molecule has 1 aliphatic rings. The molecule has 2 heterocycles. The molecular formula is C30H26F5N5O3. The normalized spacial score (nSPS) is 14.5. The molecule has 0 radical (unpaired) electrons. The average Bonchev–Trinajstić information content (AvgIpc) is 3.73. The molecule has 2 N–H and O–H groups in total. The Balaban J connectivity index is 1.60. The number of rotatable bonds is 7. The van der Waals surface area contributed by atoms with Gasteiger partial charge in [0.15, 0.2) is 0 Å². The number of hydrogen-bond acceptors (Lipinski definition) is 3. The summed E-state index contributed by atoms with van der Waals surface area (Å²) in [6.07, 6.45) is -1.65. The molecule has 0 spiro atoms. The van der Waals surface area contributed by atoms with E-state index in [1.807, 2.05) is 0 Å². The second kappa shape index (κ2) is 11.5. The molecule has 1 aliphatic carbocycles. The van der Waals surface area contributed by atoms with Crippen molar-refractivity contribution in [1.82, 2.24) is 19.4 Å². The smallest absolute Gasteiger partial charge is 0.434 e. The highest BCUT2D eigenvalue weighted by atomic mass is 19.4. The molecule has 1 fully saturated rings. The number of aromatic nitrogens is 3. The second-order valence-corrected chi connectivity index (χ2v) is 10.5. The van der Waals surface area contributed by atoms with Crippen molar-refractivity contribution >= 4 is 12.0 Å². The van der Waals surface area contributed by atoms with Crippen LogP contribution in [-0.2, 0) is 19.8 Å². The molecule has 2 amide bonds. The fraction of sp³-hybridized carbons (Fsp3) is 0.267. The molecule has 2 aromatic carbocycles. The van der Waals surface area contributed by atoms with Crippen LogP contribution in [0.15, 0.2) is 65.9 Å². The minimum absolute atomic E-state index is 0.0371. The third-order valence-electron chi connectivity index (χ3n) is 7.19. The van der Waals surface area contributed by atoms with Gasteiger partial charge in [0.2, 0.25) is 5.62 Å². The van der Waals surface area contributed by atoms with Crippen LogP contribution in [0, 0.1) is 24.5 Å². The van der Waals surface area contributed by atoms with Crippen molar-refractivity contribution in [2.24, 2.45) is 18.0 Å². The number of carboxylic acid groups (broad SMARTS) is 1. The van der Waals surface area contributed by atoms with Gasteiger partial charge in [-0.25, -0.2) is 18.6 Å². The van der Waals surface area contributed by atoms with Crippen LogP contribution in [0.25, 0.3) is 11.3 Å². The van der Waals surface area contributed by atoms with E-state index >= 15 is 0 Å². The summed E-state index contributed by atoms with van der Waals surface area (Å²) in [5, 5.41) is 12.1. The van der Waals surface area contributed by atoms with E-state index in [-0.39, 0.29) is 29.5 Å². The van der Waals surface area contributed by atoms with Crippen LogP contribution < -0.4 is 10.9 Å². The summed E-state index contributed by atoms with van der Waals surface area (Å²) < 4.78 is 72.5. The molecule has 1 atom stereocenters. The van der Waals surface area contributed by atoms with E-state index in [1.54, 1.807) is 32.3 Å². The van der Waals surface area contributed by atoms with Crippen molar-refractivity contribution in [3.05, 3.63) is 106 Å². The van der Waals surface area contributed by atoms with Crippen LogP contribution in [0.2, 0.25) is 0 Å². The number of nitrogens with zero attached hydrogens (tertiary/aromatic N) is 4. The highest BCUT2D eigenvalue weighted by Crippen LogP contribution is 2.42.